The lowest BCUT2D eigenvalue weighted by molar-refractivity contribution is 0.324. The number of aromatic nitrogens is 1. The van der Waals surface area contributed by atoms with Gasteiger partial charge < -0.3 is 28.4 Å². The van der Waals surface area contributed by atoms with E-state index >= 15 is 0 Å². The van der Waals surface area contributed by atoms with Crippen LogP contribution in [-0.2, 0) is 0 Å². The van der Waals surface area contributed by atoms with E-state index in [0.717, 1.165) is 16.8 Å². The summed E-state index contributed by atoms with van der Waals surface area (Å²) in [6.07, 6.45) is 1.70. The van der Waals surface area contributed by atoms with E-state index in [1.807, 2.05) is 29.6 Å². The monoisotopic (exact) mass is 473 g/mol. The van der Waals surface area contributed by atoms with Crippen molar-refractivity contribution in [2.24, 2.45) is 10.1 Å². The van der Waals surface area contributed by atoms with Gasteiger partial charge in [-0.05, 0) is 24.3 Å². The van der Waals surface area contributed by atoms with Gasteiger partial charge in [0.05, 0.1) is 54.6 Å². The molecule has 0 unspecified atom stereocenters. The third kappa shape index (κ3) is 4.75. The van der Waals surface area contributed by atoms with Gasteiger partial charge in [-0.2, -0.15) is 5.10 Å². The third-order valence-electron chi connectivity index (χ3n) is 4.85. The number of hydrogen-bond donors (Lipinski definition) is 0. The zero-order valence-electron chi connectivity index (χ0n) is 19.7. The van der Waals surface area contributed by atoms with E-state index in [1.54, 1.807) is 60.6 Å². The molecule has 9 nitrogen and oxygen atoms in total. The van der Waals surface area contributed by atoms with Crippen molar-refractivity contribution in [1.82, 2.24) is 4.68 Å². The predicted octanol–water partition coefficient (Wildman–Crippen LogP) is 3.68. The number of hydrogen-bond acceptors (Lipinski definition) is 9. The highest BCUT2D eigenvalue weighted by Gasteiger charge is 2.17. The van der Waals surface area contributed by atoms with Crippen LogP contribution < -0.4 is 33.2 Å². The second-order valence-electron chi connectivity index (χ2n) is 6.56. The highest BCUT2D eigenvalue weighted by molar-refractivity contribution is 7.07. The van der Waals surface area contributed by atoms with Crippen LogP contribution in [0.3, 0.4) is 0 Å². The maximum atomic E-state index is 5.50. The van der Waals surface area contributed by atoms with E-state index in [2.05, 4.69) is 10.1 Å². The highest BCUT2D eigenvalue weighted by atomic mass is 32.1. The van der Waals surface area contributed by atoms with Crippen LogP contribution in [-0.4, -0.2) is 60.6 Å². The van der Waals surface area contributed by atoms with Crippen LogP contribution in [0.4, 0.5) is 0 Å². The SMILES string of the molecule is CN=c1scc(-c2cc(OC)c(OC)c(OC)c2)n1/N=C/c1cc(OC)c(OC)c(OC)c1. The van der Waals surface area contributed by atoms with Crippen molar-refractivity contribution in [1.29, 1.82) is 0 Å². The lowest BCUT2D eigenvalue weighted by Gasteiger charge is -2.14. The Kier molecular flexibility index (Phi) is 7.83. The molecule has 10 heteroatoms. The molecule has 176 valence electrons. The molecule has 0 radical (unpaired) electrons. The van der Waals surface area contributed by atoms with Crippen LogP contribution in [0.1, 0.15) is 5.56 Å². The van der Waals surface area contributed by atoms with Gasteiger partial charge in [0.1, 0.15) is 0 Å². The molecule has 0 spiro atoms. The largest absolute Gasteiger partial charge is 0.493 e. The van der Waals surface area contributed by atoms with Crippen molar-refractivity contribution in [3.8, 4) is 45.8 Å². The average Bonchev–Trinajstić information content (AvgIpc) is 3.28. The summed E-state index contributed by atoms with van der Waals surface area (Å²) in [5.74, 6) is 3.22. The third-order valence-corrected chi connectivity index (χ3v) is 5.75. The molecule has 0 saturated carbocycles. The van der Waals surface area contributed by atoms with Crippen molar-refractivity contribution in [2.45, 2.75) is 0 Å². The molecule has 0 atom stereocenters. The molecule has 0 saturated heterocycles. The summed E-state index contributed by atoms with van der Waals surface area (Å²) in [5.41, 5.74) is 2.40. The molecule has 0 amide bonds. The summed E-state index contributed by atoms with van der Waals surface area (Å²) < 4.78 is 34.5. The summed E-state index contributed by atoms with van der Waals surface area (Å²) >= 11 is 1.46. The van der Waals surface area contributed by atoms with Gasteiger partial charge in [-0.15, -0.1) is 11.3 Å². The van der Waals surface area contributed by atoms with Crippen molar-refractivity contribution in [3.05, 3.63) is 40.0 Å². The number of rotatable bonds is 9. The Labute approximate surface area is 196 Å². The van der Waals surface area contributed by atoms with Crippen LogP contribution in [0.2, 0.25) is 0 Å². The van der Waals surface area contributed by atoms with E-state index in [1.165, 1.54) is 11.3 Å². The van der Waals surface area contributed by atoms with Crippen LogP contribution >= 0.6 is 11.3 Å². The standard InChI is InChI=1S/C23H27N3O6S/c1-24-23-26(25-12-14-8-17(27-2)21(31-6)18(9-14)28-3)16(13-33-23)15-10-19(29-4)22(32-7)20(11-15)30-5/h8-13H,1-7H3/b24-23?,25-12+. The Hall–Kier alpha value is -3.66. The lowest BCUT2D eigenvalue weighted by atomic mass is 10.1. The van der Waals surface area contributed by atoms with Gasteiger partial charge in [-0.3, -0.25) is 4.99 Å². The van der Waals surface area contributed by atoms with E-state index < -0.39 is 0 Å². The van der Waals surface area contributed by atoms with Gasteiger partial charge >= 0.3 is 0 Å². The van der Waals surface area contributed by atoms with Crippen molar-refractivity contribution in [2.75, 3.05) is 49.7 Å². The summed E-state index contributed by atoms with van der Waals surface area (Å²) in [7, 11) is 11.2. The Morgan fingerprint density at radius 1 is 0.727 bits per heavy atom. The number of methoxy groups -OCH3 is 6. The zero-order chi connectivity index (χ0) is 24.0. The van der Waals surface area contributed by atoms with Gasteiger partial charge in [0.15, 0.2) is 23.0 Å². The summed E-state index contributed by atoms with van der Waals surface area (Å²) in [4.78, 5) is 5.06. The Balaban J connectivity index is 2.13. The van der Waals surface area contributed by atoms with Crippen LogP contribution in [0.5, 0.6) is 34.5 Å². The first-order valence-corrected chi connectivity index (χ1v) is 10.7. The van der Waals surface area contributed by atoms with Crippen molar-refractivity contribution < 1.29 is 28.4 Å². The van der Waals surface area contributed by atoms with E-state index in [-0.39, 0.29) is 0 Å². The van der Waals surface area contributed by atoms with Crippen molar-refractivity contribution >= 4 is 17.6 Å². The Bertz CT molecular complexity index is 1170. The topological polar surface area (TPSA) is 85.0 Å². The smallest absolute Gasteiger partial charge is 0.205 e. The second-order valence-corrected chi connectivity index (χ2v) is 7.39. The number of ether oxygens (including phenoxy) is 6. The minimum atomic E-state index is 0.516. The molecule has 0 N–H and O–H groups in total. The summed E-state index contributed by atoms with van der Waals surface area (Å²) in [5, 5.41) is 6.65. The summed E-state index contributed by atoms with van der Waals surface area (Å²) in [6.45, 7) is 0. The lowest BCUT2D eigenvalue weighted by Crippen LogP contribution is -2.11. The van der Waals surface area contributed by atoms with E-state index in [9.17, 15) is 0 Å². The molecule has 0 aliphatic rings. The van der Waals surface area contributed by atoms with Crippen LogP contribution in [0.25, 0.3) is 11.3 Å². The maximum Gasteiger partial charge on any atom is 0.205 e. The first-order valence-electron chi connectivity index (χ1n) is 9.83. The molecular weight excluding hydrogens is 446 g/mol. The molecule has 0 aliphatic carbocycles. The maximum absolute atomic E-state index is 5.50. The Morgan fingerprint density at radius 2 is 1.21 bits per heavy atom. The first kappa shape index (κ1) is 24.0. The van der Waals surface area contributed by atoms with Crippen molar-refractivity contribution in [3.63, 3.8) is 0 Å². The van der Waals surface area contributed by atoms with Crippen LogP contribution in [0.15, 0.2) is 39.7 Å². The molecule has 3 aromatic rings. The minimum Gasteiger partial charge on any atom is -0.493 e. The van der Waals surface area contributed by atoms with Gasteiger partial charge in [0.2, 0.25) is 16.3 Å². The van der Waals surface area contributed by atoms with Gasteiger partial charge in [0, 0.05) is 23.6 Å². The minimum absolute atomic E-state index is 0.516. The molecular formula is C23H27N3O6S. The Morgan fingerprint density at radius 3 is 1.64 bits per heavy atom. The van der Waals surface area contributed by atoms with E-state index in [4.69, 9.17) is 28.4 Å². The van der Waals surface area contributed by atoms with Crippen LogP contribution in [0, 0.1) is 0 Å². The quantitative estimate of drug-likeness (QED) is 0.441. The molecule has 3 rings (SSSR count). The normalized spacial score (nSPS) is 11.5. The highest BCUT2D eigenvalue weighted by Crippen LogP contribution is 2.41. The molecule has 0 bridgehead atoms. The average molecular weight is 474 g/mol. The molecule has 0 aliphatic heterocycles. The fraction of sp³-hybridized carbons (Fsp3) is 0.304. The number of thiazole rings is 1. The first-order chi connectivity index (χ1) is 16.0. The molecule has 1 heterocycles. The fourth-order valence-corrected chi connectivity index (χ4v) is 4.09. The second kappa shape index (κ2) is 10.8. The zero-order valence-corrected chi connectivity index (χ0v) is 20.5. The predicted molar refractivity (Wildman–Crippen MR) is 128 cm³/mol. The van der Waals surface area contributed by atoms with Gasteiger partial charge in [-0.25, -0.2) is 4.68 Å². The van der Waals surface area contributed by atoms with E-state index in [0.29, 0.717) is 39.3 Å². The molecule has 1 aromatic heterocycles. The molecule has 0 fully saturated rings. The summed E-state index contributed by atoms with van der Waals surface area (Å²) in [6, 6.07) is 7.38. The molecule has 33 heavy (non-hydrogen) atoms. The van der Waals surface area contributed by atoms with Gasteiger partial charge in [-0.1, -0.05) is 0 Å². The van der Waals surface area contributed by atoms with Gasteiger partial charge in [0.25, 0.3) is 0 Å². The fourth-order valence-electron chi connectivity index (χ4n) is 3.29. The number of benzene rings is 2. The number of nitrogens with zero attached hydrogens (tertiary/aromatic N) is 3. The molecule has 2 aromatic carbocycles.